The van der Waals surface area contributed by atoms with E-state index in [9.17, 15) is 13.2 Å². The number of hydrogen-bond donors (Lipinski definition) is 0. The Kier molecular flexibility index (Phi) is 4.52. The molecule has 0 radical (unpaired) electrons. The molecule has 0 N–H and O–H groups in total. The lowest BCUT2D eigenvalue weighted by molar-refractivity contribution is -0.129. The molecule has 1 aromatic carbocycles. The van der Waals surface area contributed by atoms with Crippen molar-refractivity contribution in [2.45, 2.75) is 11.3 Å². The molecule has 0 aromatic heterocycles. The third-order valence-electron chi connectivity index (χ3n) is 3.32. The summed E-state index contributed by atoms with van der Waals surface area (Å²) in [7, 11) is -2.26. The van der Waals surface area contributed by atoms with Crippen LogP contribution >= 0.6 is 11.6 Å². The van der Waals surface area contributed by atoms with Gasteiger partial charge in [-0.2, -0.15) is 9.57 Å². The first-order chi connectivity index (χ1) is 9.86. The molecular formula is C13H14ClN3O3S. The van der Waals surface area contributed by atoms with Gasteiger partial charge in [0.15, 0.2) is 0 Å². The van der Waals surface area contributed by atoms with Crippen molar-refractivity contribution >= 4 is 27.5 Å². The van der Waals surface area contributed by atoms with E-state index < -0.39 is 10.0 Å². The van der Waals surface area contributed by atoms with E-state index in [1.165, 1.54) is 23.1 Å². The predicted molar refractivity (Wildman–Crippen MR) is 77.2 cm³/mol. The van der Waals surface area contributed by atoms with Crippen molar-refractivity contribution in [2.75, 3.05) is 26.7 Å². The van der Waals surface area contributed by atoms with Gasteiger partial charge in [0.25, 0.3) is 0 Å². The lowest BCUT2D eigenvalue weighted by Gasteiger charge is -2.20. The summed E-state index contributed by atoms with van der Waals surface area (Å²) < 4.78 is 26.4. The molecule has 21 heavy (non-hydrogen) atoms. The molecule has 1 aliphatic heterocycles. The first-order valence-electron chi connectivity index (χ1n) is 6.30. The van der Waals surface area contributed by atoms with Crippen LogP contribution in [0.5, 0.6) is 0 Å². The van der Waals surface area contributed by atoms with Gasteiger partial charge in [-0.25, -0.2) is 8.42 Å². The monoisotopic (exact) mass is 327 g/mol. The van der Waals surface area contributed by atoms with E-state index in [1.807, 2.05) is 6.07 Å². The van der Waals surface area contributed by atoms with E-state index in [1.54, 1.807) is 7.05 Å². The third-order valence-corrected chi connectivity index (χ3v) is 5.64. The number of carbonyl (C=O) groups excluding carboxylic acids is 1. The van der Waals surface area contributed by atoms with Crippen LogP contribution in [0.25, 0.3) is 0 Å². The van der Waals surface area contributed by atoms with Crippen LogP contribution in [0.2, 0.25) is 5.02 Å². The summed E-state index contributed by atoms with van der Waals surface area (Å²) >= 11 is 5.95. The zero-order valence-corrected chi connectivity index (χ0v) is 13.0. The smallest absolute Gasteiger partial charge is 0.245 e. The molecular weight excluding hydrogens is 314 g/mol. The van der Waals surface area contributed by atoms with Gasteiger partial charge >= 0.3 is 0 Å². The van der Waals surface area contributed by atoms with Crippen LogP contribution in [0.1, 0.15) is 12.0 Å². The Hall–Kier alpha value is -1.62. The van der Waals surface area contributed by atoms with Crippen LogP contribution in [0, 0.1) is 11.3 Å². The van der Waals surface area contributed by atoms with Crippen molar-refractivity contribution in [2.24, 2.45) is 0 Å². The molecule has 1 aliphatic rings. The fourth-order valence-electron chi connectivity index (χ4n) is 2.07. The molecule has 0 aliphatic carbocycles. The Labute approximate surface area is 128 Å². The molecule has 112 valence electrons. The van der Waals surface area contributed by atoms with Gasteiger partial charge in [0.1, 0.15) is 4.90 Å². The molecule has 0 unspecified atom stereocenters. The fourth-order valence-corrected chi connectivity index (χ4v) is 4.00. The maximum absolute atomic E-state index is 12.6. The molecule has 0 saturated carbocycles. The van der Waals surface area contributed by atoms with Crippen LogP contribution in [-0.2, 0) is 14.8 Å². The van der Waals surface area contributed by atoms with Crippen LogP contribution in [0.15, 0.2) is 23.1 Å². The van der Waals surface area contributed by atoms with Gasteiger partial charge in [-0.15, -0.1) is 0 Å². The summed E-state index contributed by atoms with van der Waals surface area (Å²) in [6.07, 6.45) is 0.553. The van der Waals surface area contributed by atoms with Gasteiger partial charge in [-0.05, 0) is 24.6 Å². The topological polar surface area (TPSA) is 81.5 Å². The summed E-state index contributed by atoms with van der Waals surface area (Å²) in [4.78, 5) is 13.2. The number of nitriles is 1. The van der Waals surface area contributed by atoms with E-state index in [2.05, 4.69) is 0 Å². The van der Waals surface area contributed by atoms with Gasteiger partial charge in [-0.1, -0.05) is 11.6 Å². The highest BCUT2D eigenvalue weighted by Gasteiger charge is 2.31. The molecule has 1 saturated heterocycles. The summed E-state index contributed by atoms with van der Waals surface area (Å²) in [6.45, 7) is 0.536. The molecule has 1 fully saturated rings. The van der Waals surface area contributed by atoms with Gasteiger partial charge in [0.2, 0.25) is 15.9 Å². The second kappa shape index (κ2) is 6.02. The SMILES string of the molecule is CN1CCCN(S(=O)(=O)c2cc(C#N)ccc2Cl)CC1=O. The normalized spacial score (nSPS) is 17.4. The molecule has 6 nitrogen and oxygen atoms in total. The van der Waals surface area contributed by atoms with Crippen molar-refractivity contribution in [3.05, 3.63) is 28.8 Å². The Balaban J connectivity index is 2.42. The number of benzene rings is 1. The lowest BCUT2D eigenvalue weighted by atomic mass is 10.2. The highest BCUT2D eigenvalue weighted by atomic mass is 35.5. The van der Waals surface area contributed by atoms with Crippen LogP contribution in [-0.4, -0.2) is 50.2 Å². The molecule has 0 atom stereocenters. The molecule has 1 heterocycles. The van der Waals surface area contributed by atoms with Crippen molar-refractivity contribution in [1.29, 1.82) is 5.26 Å². The minimum atomic E-state index is -3.90. The average molecular weight is 328 g/mol. The van der Waals surface area contributed by atoms with Crippen molar-refractivity contribution < 1.29 is 13.2 Å². The zero-order chi connectivity index (χ0) is 15.6. The number of rotatable bonds is 2. The van der Waals surface area contributed by atoms with Gasteiger partial charge in [0, 0.05) is 20.1 Å². The molecule has 1 aromatic rings. The molecule has 8 heteroatoms. The Morgan fingerprint density at radius 1 is 1.33 bits per heavy atom. The second-order valence-electron chi connectivity index (χ2n) is 4.76. The first kappa shape index (κ1) is 15.8. The Morgan fingerprint density at radius 2 is 2.05 bits per heavy atom. The number of carbonyl (C=O) groups is 1. The van der Waals surface area contributed by atoms with Crippen molar-refractivity contribution in [1.82, 2.24) is 9.21 Å². The summed E-state index contributed by atoms with van der Waals surface area (Å²) in [6, 6.07) is 5.93. The first-order valence-corrected chi connectivity index (χ1v) is 8.12. The van der Waals surface area contributed by atoms with Gasteiger partial charge in [-0.3, -0.25) is 4.79 Å². The molecule has 2 rings (SSSR count). The minimum Gasteiger partial charge on any atom is -0.345 e. The fraction of sp³-hybridized carbons (Fsp3) is 0.385. The lowest BCUT2D eigenvalue weighted by Crippen LogP contribution is -2.38. The van der Waals surface area contributed by atoms with Gasteiger partial charge < -0.3 is 4.90 Å². The van der Waals surface area contributed by atoms with E-state index >= 15 is 0 Å². The Morgan fingerprint density at radius 3 is 2.71 bits per heavy atom. The maximum Gasteiger partial charge on any atom is 0.245 e. The maximum atomic E-state index is 12.6. The summed E-state index contributed by atoms with van der Waals surface area (Å²) in [5.74, 6) is -0.261. The number of nitrogens with zero attached hydrogens (tertiary/aromatic N) is 3. The van der Waals surface area contributed by atoms with E-state index in [-0.39, 0.29) is 34.5 Å². The number of halogens is 1. The Bertz CT molecular complexity index is 712. The number of amides is 1. The third kappa shape index (κ3) is 3.18. The van der Waals surface area contributed by atoms with Crippen molar-refractivity contribution in [3.8, 4) is 6.07 Å². The van der Waals surface area contributed by atoms with Crippen LogP contribution in [0.4, 0.5) is 0 Å². The number of sulfonamides is 1. The molecule has 0 spiro atoms. The predicted octanol–water partition coefficient (Wildman–Crippen LogP) is 1.06. The van der Waals surface area contributed by atoms with E-state index in [4.69, 9.17) is 16.9 Å². The number of hydrogen-bond acceptors (Lipinski definition) is 4. The molecule has 0 bridgehead atoms. The van der Waals surface area contributed by atoms with Crippen LogP contribution < -0.4 is 0 Å². The average Bonchev–Trinajstić information content (AvgIpc) is 2.62. The highest BCUT2D eigenvalue weighted by Crippen LogP contribution is 2.26. The minimum absolute atomic E-state index is 0.0408. The van der Waals surface area contributed by atoms with Crippen LogP contribution in [0.3, 0.4) is 0 Å². The van der Waals surface area contributed by atoms with E-state index in [0.29, 0.717) is 13.0 Å². The van der Waals surface area contributed by atoms with E-state index in [0.717, 1.165) is 4.31 Å². The summed E-state index contributed by atoms with van der Waals surface area (Å²) in [5.41, 5.74) is 0.205. The number of likely N-dealkylation sites (N-methyl/N-ethyl adjacent to an activating group) is 1. The quantitative estimate of drug-likeness (QED) is 0.813. The standard InChI is InChI=1S/C13H14ClN3O3S/c1-16-5-2-6-17(9-13(16)18)21(19,20)12-7-10(8-15)3-4-11(12)14/h3-4,7H,2,5-6,9H2,1H3. The summed E-state index contributed by atoms with van der Waals surface area (Å²) in [5, 5.41) is 8.93. The largest absolute Gasteiger partial charge is 0.345 e. The highest BCUT2D eigenvalue weighted by molar-refractivity contribution is 7.89. The van der Waals surface area contributed by atoms with Crippen molar-refractivity contribution in [3.63, 3.8) is 0 Å². The van der Waals surface area contributed by atoms with Gasteiger partial charge in [0.05, 0.1) is 23.2 Å². The second-order valence-corrected chi connectivity index (χ2v) is 7.08. The zero-order valence-electron chi connectivity index (χ0n) is 11.4. The molecule has 1 amide bonds.